The maximum Gasteiger partial charge on any atom is 0.127 e. The van der Waals surface area contributed by atoms with Gasteiger partial charge in [-0.3, -0.25) is 0 Å². The van der Waals surface area contributed by atoms with Gasteiger partial charge in [-0.1, -0.05) is 36.9 Å². The predicted molar refractivity (Wildman–Crippen MR) is 80.5 cm³/mol. The molecular formula is C16H23ClFNO. The topological polar surface area (TPSA) is 35.2 Å². The van der Waals surface area contributed by atoms with E-state index in [0.717, 1.165) is 12.8 Å². The number of rotatable bonds is 5. The molecule has 0 bridgehead atoms. The van der Waals surface area contributed by atoms with Crippen molar-refractivity contribution in [3.8, 4) is 0 Å². The fourth-order valence-corrected chi connectivity index (χ4v) is 3.50. The molecule has 1 aliphatic rings. The van der Waals surface area contributed by atoms with Crippen LogP contribution in [0.2, 0.25) is 5.02 Å². The lowest BCUT2D eigenvalue weighted by atomic mass is 9.81. The molecule has 1 aromatic carbocycles. The molecule has 20 heavy (non-hydrogen) atoms. The Morgan fingerprint density at radius 3 is 2.65 bits per heavy atom. The molecule has 1 saturated carbocycles. The zero-order valence-corrected chi connectivity index (χ0v) is 12.7. The molecule has 1 aromatic rings. The smallest absolute Gasteiger partial charge is 0.127 e. The van der Waals surface area contributed by atoms with Crippen LogP contribution in [-0.2, 0) is 11.2 Å². The number of hydrogen-bond donors (Lipinski definition) is 1. The summed E-state index contributed by atoms with van der Waals surface area (Å²) in [5.74, 6) is 0.195. The first-order valence-corrected chi connectivity index (χ1v) is 7.72. The van der Waals surface area contributed by atoms with Gasteiger partial charge in [0.2, 0.25) is 0 Å². The van der Waals surface area contributed by atoms with Crippen LogP contribution in [0.15, 0.2) is 18.2 Å². The largest absolute Gasteiger partial charge is 0.380 e. The van der Waals surface area contributed by atoms with Gasteiger partial charge in [0.15, 0.2) is 0 Å². The fraction of sp³-hybridized carbons (Fsp3) is 0.625. The Bertz CT molecular complexity index is 414. The third kappa shape index (κ3) is 3.72. The van der Waals surface area contributed by atoms with Gasteiger partial charge in [-0.05, 0) is 37.3 Å². The number of hydrogen-bond acceptors (Lipinski definition) is 2. The zero-order valence-electron chi connectivity index (χ0n) is 11.9. The van der Waals surface area contributed by atoms with E-state index in [9.17, 15) is 4.39 Å². The number of ether oxygens (including phenoxy) is 1. The standard InChI is InChI=1S/C16H23ClFNO/c1-20-16(11-6-3-2-4-7-11)15(19)10-12-13(17)8-5-9-14(12)18/h5,8-9,11,15-16H,2-4,6-7,10,19H2,1H3. The molecule has 112 valence electrons. The second-order valence-corrected chi connectivity index (χ2v) is 6.07. The maximum atomic E-state index is 13.8. The summed E-state index contributed by atoms with van der Waals surface area (Å²) >= 11 is 6.07. The highest BCUT2D eigenvalue weighted by Crippen LogP contribution is 2.30. The Balaban J connectivity index is 2.06. The number of benzene rings is 1. The lowest BCUT2D eigenvalue weighted by Gasteiger charge is -2.33. The van der Waals surface area contributed by atoms with E-state index in [0.29, 0.717) is 22.9 Å². The van der Waals surface area contributed by atoms with Gasteiger partial charge in [-0.2, -0.15) is 0 Å². The Morgan fingerprint density at radius 1 is 1.35 bits per heavy atom. The lowest BCUT2D eigenvalue weighted by molar-refractivity contribution is 0.0177. The molecule has 0 amide bonds. The molecule has 1 fully saturated rings. The lowest BCUT2D eigenvalue weighted by Crippen LogP contribution is -2.43. The first kappa shape index (κ1) is 15.7. The van der Waals surface area contributed by atoms with E-state index >= 15 is 0 Å². The van der Waals surface area contributed by atoms with Gasteiger partial charge in [-0.25, -0.2) is 4.39 Å². The quantitative estimate of drug-likeness (QED) is 0.893. The van der Waals surface area contributed by atoms with Crippen molar-refractivity contribution in [2.75, 3.05) is 7.11 Å². The first-order valence-electron chi connectivity index (χ1n) is 7.34. The summed E-state index contributed by atoms with van der Waals surface area (Å²) in [4.78, 5) is 0. The minimum atomic E-state index is -0.286. The summed E-state index contributed by atoms with van der Waals surface area (Å²) in [5.41, 5.74) is 6.78. The van der Waals surface area contributed by atoms with Crippen molar-refractivity contribution in [3.63, 3.8) is 0 Å². The van der Waals surface area contributed by atoms with Crippen molar-refractivity contribution in [2.45, 2.75) is 50.7 Å². The highest BCUT2D eigenvalue weighted by molar-refractivity contribution is 6.31. The zero-order chi connectivity index (χ0) is 14.5. The first-order chi connectivity index (χ1) is 9.63. The van der Waals surface area contributed by atoms with Crippen molar-refractivity contribution >= 4 is 11.6 Å². The van der Waals surface area contributed by atoms with Gasteiger partial charge >= 0.3 is 0 Å². The molecule has 1 aliphatic carbocycles. The van der Waals surface area contributed by atoms with Crippen molar-refractivity contribution in [3.05, 3.63) is 34.6 Å². The SMILES string of the molecule is COC(C(N)Cc1c(F)cccc1Cl)C1CCCCC1. The molecule has 0 heterocycles. The summed E-state index contributed by atoms with van der Waals surface area (Å²) in [6.07, 6.45) is 6.46. The molecule has 2 unspecified atom stereocenters. The molecule has 0 spiro atoms. The highest BCUT2D eigenvalue weighted by atomic mass is 35.5. The minimum absolute atomic E-state index is 0.0222. The number of methoxy groups -OCH3 is 1. The van der Waals surface area contributed by atoms with E-state index in [4.69, 9.17) is 22.1 Å². The molecule has 2 nitrogen and oxygen atoms in total. The Kier molecular flexibility index (Phi) is 5.82. The van der Waals surface area contributed by atoms with Crippen molar-refractivity contribution < 1.29 is 9.13 Å². The van der Waals surface area contributed by atoms with Crippen LogP contribution < -0.4 is 5.73 Å². The molecule has 2 rings (SSSR count). The number of nitrogens with two attached hydrogens (primary N) is 1. The van der Waals surface area contributed by atoms with Gasteiger partial charge in [0.25, 0.3) is 0 Å². The maximum absolute atomic E-state index is 13.8. The number of halogens is 2. The molecule has 4 heteroatoms. The van der Waals surface area contributed by atoms with Crippen LogP contribution in [0.25, 0.3) is 0 Å². The average Bonchev–Trinajstić information content (AvgIpc) is 2.45. The second-order valence-electron chi connectivity index (χ2n) is 5.67. The van der Waals surface area contributed by atoms with Crippen LogP contribution in [0.3, 0.4) is 0 Å². The molecule has 0 saturated heterocycles. The van der Waals surface area contributed by atoms with Gasteiger partial charge < -0.3 is 10.5 Å². The summed E-state index contributed by atoms with van der Waals surface area (Å²) < 4.78 is 19.5. The molecule has 2 atom stereocenters. The minimum Gasteiger partial charge on any atom is -0.380 e. The van der Waals surface area contributed by atoms with E-state index in [1.807, 2.05) is 0 Å². The molecule has 2 N–H and O–H groups in total. The normalized spacial score (nSPS) is 19.8. The molecule has 0 aromatic heterocycles. The van der Waals surface area contributed by atoms with Gasteiger partial charge in [-0.15, -0.1) is 0 Å². The van der Waals surface area contributed by atoms with Crippen molar-refractivity contribution in [1.82, 2.24) is 0 Å². The highest BCUT2D eigenvalue weighted by Gasteiger charge is 2.29. The molecule has 0 radical (unpaired) electrons. The Hall–Kier alpha value is -0.640. The third-order valence-electron chi connectivity index (χ3n) is 4.31. The van der Waals surface area contributed by atoms with Crippen LogP contribution in [0.1, 0.15) is 37.7 Å². The van der Waals surface area contributed by atoms with Gasteiger partial charge in [0.05, 0.1) is 6.10 Å². The Labute approximate surface area is 125 Å². The van der Waals surface area contributed by atoms with Crippen LogP contribution in [0.5, 0.6) is 0 Å². The molecular weight excluding hydrogens is 277 g/mol. The van der Waals surface area contributed by atoms with E-state index in [1.165, 1.54) is 25.3 Å². The molecule has 0 aliphatic heterocycles. The van der Waals surface area contributed by atoms with Gasteiger partial charge in [0.1, 0.15) is 5.82 Å². The van der Waals surface area contributed by atoms with E-state index in [2.05, 4.69) is 0 Å². The summed E-state index contributed by atoms with van der Waals surface area (Å²) in [7, 11) is 1.70. The third-order valence-corrected chi connectivity index (χ3v) is 4.66. The summed E-state index contributed by atoms with van der Waals surface area (Å²) in [6, 6.07) is 4.52. The van der Waals surface area contributed by atoms with Crippen LogP contribution in [0.4, 0.5) is 4.39 Å². The Morgan fingerprint density at radius 2 is 2.05 bits per heavy atom. The van der Waals surface area contributed by atoms with Crippen LogP contribution >= 0.6 is 11.6 Å². The second kappa shape index (κ2) is 7.39. The fourth-order valence-electron chi connectivity index (χ4n) is 3.26. The summed E-state index contributed by atoms with van der Waals surface area (Å²) in [5, 5.41) is 0.443. The monoisotopic (exact) mass is 299 g/mol. The van der Waals surface area contributed by atoms with Crippen LogP contribution in [-0.4, -0.2) is 19.3 Å². The van der Waals surface area contributed by atoms with E-state index in [1.54, 1.807) is 19.2 Å². The average molecular weight is 300 g/mol. The van der Waals surface area contributed by atoms with Crippen LogP contribution in [0, 0.1) is 11.7 Å². The van der Waals surface area contributed by atoms with Crippen molar-refractivity contribution in [1.29, 1.82) is 0 Å². The summed E-state index contributed by atoms with van der Waals surface area (Å²) in [6.45, 7) is 0. The van der Waals surface area contributed by atoms with Gasteiger partial charge in [0, 0.05) is 23.7 Å². The predicted octanol–water partition coefficient (Wildman–Crippen LogP) is 3.94. The van der Waals surface area contributed by atoms with Crippen molar-refractivity contribution in [2.24, 2.45) is 11.7 Å². The van der Waals surface area contributed by atoms with E-state index < -0.39 is 0 Å². The van der Waals surface area contributed by atoms with E-state index in [-0.39, 0.29) is 18.0 Å².